The van der Waals surface area contributed by atoms with Crippen LogP contribution in [0.15, 0.2) is 61.3 Å². The minimum absolute atomic E-state index is 0.529. The van der Waals surface area contributed by atoms with E-state index in [2.05, 4.69) is 48.0 Å². The van der Waals surface area contributed by atoms with Crippen LogP contribution >= 0.6 is 0 Å². The van der Waals surface area contributed by atoms with Crippen LogP contribution < -0.4 is 15.1 Å². The summed E-state index contributed by atoms with van der Waals surface area (Å²) in [5.41, 5.74) is 4.68. The first-order chi connectivity index (χ1) is 18.7. The molecule has 6 rings (SSSR count). The SMILES string of the molecule is CCN1CCN(c2ncn(-c3ccc(Nc4nccc(-c5cncc(N6CCOCC6)c5)n4)cc3)n2)CC1. The predicted octanol–water partition coefficient (Wildman–Crippen LogP) is 2.84. The molecule has 11 heteroatoms. The number of morpholine rings is 1. The maximum atomic E-state index is 5.47. The van der Waals surface area contributed by atoms with Gasteiger partial charge in [-0.15, -0.1) is 5.10 Å². The van der Waals surface area contributed by atoms with Crippen LogP contribution in [-0.2, 0) is 4.74 Å². The van der Waals surface area contributed by atoms with Crippen LogP contribution in [0.25, 0.3) is 16.9 Å². The van der Waals surface area contributed by atoms with Gasteiger partial charge in [0.25, 0.3) is 0 Å². The van der Waals surface area contributed by atoms with E-state index in [1.165, 1.54) is 0 Å². The monoisotopic (exact) mass is 512 g/mol. The normalized spacial score (nSPS) is 16.6. The summed E-state index contributed by atoms with van der Waals surface area (Å²) in [7, 11) is 0. The molecule has 3 aromatic heterocycles. The second-order valence-corrected chi connectivity index (χ2v) is 9.38. The Morgan fingerprint density at radius 2 is 1.68 bits per heavy atom. The van der Waals surface area contributed by atoms with E-state index in [1.807, 2.05) is 47.4 Å². The summed E-state index contributed by atoms with van der Waals surface area (Å²) < 4.78 is 7.29. The average molecular weight is 513 g/mol. The lowest BCUT2D eigenvalue weighted by Crippen LogP contribution is -2.46. The number of pyridine rings is 1. The second-order valence-electron chi connectivity index (χ2n) is 9.38. The van der Waals surface area contributed by atoms with Gasteiger partial charge in [-0.3, -0.25) is 4.98 Å². The van der Waals surface area contributed by atoms with Crippen molar-refractivity contribution in [3.05, 3.63) is 61.3 Å². The first-order valence-corrected chi connectivity index (χ1v) is 13.1. The van der Waals surface area contributed by atoms with Crippen LogP contribution in [0.2, 0.25) is 0 Å². The maximum absolute atomic E-state index is 5.47. The number of likely N-dealkylation sites (N-methyl/N-ethyl adjacent to an activating group) is 1. The van der Waals surface area contributed by atoms with Gasteiger partial charge in [0.05, 0.1) is 36.5 Å². The zero-order chi connectivity index (χ0) is 25.7. The fourth-order valence-electron chi connectivity index (χ4n) is 4.76. The van der Waals surface area contributed by atoms with E-state index in [4.69, 9.17) is 14.8 Å². The smallest absolute Gasteiger partial charge is 0.245 e. The lowest BCUT2D eigenvalue weighted by Gasteiger charge is -2.33. The van der Waals surface area contributed by atoms with Crippen LogP contribution in [0.3, 0.4) is 0 Å². The van der Waals surface area contributed by atoms with E-state index in [0.717, 1.165) is 93.3 Å². The number of rotatable bonds is 7. The van der Waals surface area contributed by atoms with Gasteiger partial charge in [0.1, 0.15) is 6.33 Å². The van der Waals surface area contributed by atoms with Crippen molar-refractivity contribution in [2.24, 2.45) is 0 Å². The molecule has 0 spiro atoms. The molecule has 2 fully saturated rings. The standard InChI is InChI=1S/C27H32N10O/c1-2-34-9-11-36(12-10-34)27-30-20-37(33-27)23-5-3-22(4-6-23)31-26-29-8-7-25(32-26)21-17-24(19-28-18-21)35-13-15-38-16-14-35/h3-8,17-20H,2,9-16H2,1H3,(H,29,31,32). The summed E-state index contributed by atoms with van der Waals surface area (Å²) in [6, 6.07) is 12.0. The van der Waals surface area contributed by atoms with E-state index in [0.29, 0.717) is 5.95 Å². The molecular formula is C27H32N10O. The molecule has 2 aliphatic heterocycles. The summed E-state index contributed by atoms with van der Waals surface area (Å²) in [4.78, 5) is 25.1. The fraction of sp³-hybridized carbons (Fsp3) is 0.370. The maximum Gasteiger partial charge on any atom is 0.245 e. The van der Waals surface area contributed by atoms with Crippen molar-refractivity contribution < 1.29 is 4.74 Å². The van der Waals surface area contributed by atoms with Crippen molar-refractivity contribution in [1.29, 1.82) is 0 Å². The number of anilines is 4. The van der Waals surface area contributed by atoms with Crippen LogP contribution in [0.4, 0.5) is 23.3 Å². The Morgan fingerprint density at radius 1 is 0.868 bits per heavy atom. The molecule has 38 heavy (non-hydrogen) atoms. The topological polar surface area (TPSA) is 100 Å². The van der Waals surface area contributed by atoms with Crippen LogP contribution in [0.5, 0.6) is 0 Å². The van der Waals surface area contributed by atoms with Gasteiger partial charge in [-0.05, 0) is 42.9 Å². The molecule has 1 aromatic carbocycles. The second kappa shape index (κ2) is 11.1. The predicted molar refractivity (Wildman–Crippen MR) is 147 cm³/mol. The number of hydrogen-bond acceptors (Lipinski definition) is 10. The summed E-state index contributed by atoms with van der Waals surface area (Å²) in [5, 5.41) is 8.02. The molecule has 4 aromatic rings. The van der Waals surface area contributed by atoms with Gasteiger partial charge in [-0.2, -0.15) is 4.98 Å². The van der Waals surface area contributed by atoms with Crippen molar-refractivity contribution in [2.45, 2.75) is 6.92 Å². The number of nitrogens with zero attached hydrogens (tertiary/aromatic N) is 9. The summed E-state index contributed by atoms with van der Waals surface area (Å²) in [6.45, 7) is 10.5. The quantitative estimate of drug-likeness (QED) is 0.398. The number of aromatic nitrogens is 6. The van der Waals surface area contributed by atoms with E-state index in [-0.39, 0.29) is 0 Å². The van der Waals surface area contributed by atoms with E-state index >= 15 is 0 Å². The summed E-state index contributed by atoms with van der Waals surface area (Å²) >= 11 is 0. The third kappa shape index (κ3) is 5.43. The molecule has 1 N–H and O–H groups in total. The number of ether oxygens (including phenoxy) is 1. The molecule has 0 saturated carbocycles. The van der Waals surface area contributed by atoms with E-state index in [1.54, 1.807) is 12.5 Å². The third-order valence-corrected chi connectivity index (χ3v) is 7.02. The molecule has 5 heterocycles. The summed E-state index contributed by atoms with van der Waals surface area (Å²) in [6.07, 6.45) is 7.26. The van der Waals surface area contributed by atoms with Crippen molar-refractivity contribution in [1.82, 2.24) is 34.6 Å². The van der Waals surface area contributed by atoms with Crippen molar-refractivity contribution in [3.8, 4) is 16.9 Å². The highest BCUT2D eigenvalue weighted by molar-refractivity contribution is 5.66. The Balaban J connectivity index is 1.12. The number of benzene rings is 1. The Kier molecular flexibility index (Phi) is 7.10. The molecule has 2 saturated heterocycles. The molecule has 0 atom stereocenters. The lowest BCUT2D eigenvalue weighted by molar-refractivity contribution is 0.122. The molecule has 0 aliphatic carbocycles. The zero-order valence-electron chi connectivity index (χ0n) is 21.6. The van der Waals surface area contributed by atoms with Gasteiger partial charge < -0.3 is 24.8 Å². The van der Waals surface area contributed by atoms with Gasteiger partial charge in [0.2, 0.25) is 11.9 Å². The lowest BCUT2D eigenvalue weighted by atomic mass is 10.2. The van der Waals surface area contributed by atoms with Crippen LogP contribution in [0, 0.1) is 0 Å². The molecule has 0 amide bonds. The molecule has 0 radical (unpaired) electrons. The van der Waals surface area contributed by atoms with E-state index in [9.17, 15) is 0 Å². The minimum Gasteiger partial charge on any atom is -0.378 e. The third-order valence-electron chi connectivity index (χ3n) is 7.02. The molecular weight excluding hydrogens is 480 g/mol. The largest absolute Gasteiger partial charge is 0.378 e. The van der Waals surface area contributed by atoms with Crippen LogP contribution in [-0.4, -0.2) is 93.6 Å². The highest BCUT2D eigenvalue weighted by Crippen LogP contribution is 2.24. The Bertz CT molecular complexity index is 1340. The number of hydrogen-bond donors (Lipinski definition) is 1. The van der Waals surface area contributed by atoms with E-state index < -0.39 is 0 Å². The molecule has 2 aliphatic rings. The first kappa shape index (κ1) is 24.3. The first-order valence-electron chi connectivity index (χ1n) is 13.1. The molecule has 196 valence electrons. The van der Waals surface area contributed by atoms with Gasteiger partial charge in [0.15, 0.2) is 0 Å². The number of nitrogens with one attached hydrogen (secondary N) is 1. The van der Waals surface area contributed by atoms with Crippen molar-refractivity contribution >= 4 is 23.3 Å². The Morgan fingerprint density at radius 3 is 2.47 bits per heavy atom. The van der Waals surface area contributed by atoms with Gasteiger partial charge >= 0.3 is 0 Å². The molecule has 11 nitrogen and oxygen atoms in total. The highest BCUT2D eigenvalue weighted by Gasteiger charge is 2.19. The summed E-state index contributed by atoms with van der Waals surface area (Å²) in [5.74, 6) is 1.31. The molecule has 0 bridgehead atoms. The zero-order valence-corrected chi connectivity index (χ0v) is 21.6. The molecule has 0 unspecified atom stereocenters. The van der Waals surface area contributed by atoms with Crippen molar-refractivity contribution in [3.63, 3.8) is 0 Å². The van der Waals surface area contributed by atoms with Crippen LogP contribution in [0.1, 0.15) is 6.92 Å². The van der Waals surface area contributed by atoms with Gasteiger partial charge in [0, 0.05) is 62.9 Å². The fourth-order valence-corrected chi connectivity index (χ4v) is 4.76. The minimum atomic E-state index is 0.529. The van der Waals surface area contributed by atoms with Crippen molar-refractivity contribution in [2.75, 3.05) is 74.1 Å². The highest BCUT2D eigenvalue weighted by atomic mass is 16.5. The van der Waals surface area contributed by atoms with Gasteiger partial charge in [-0.25, -0.2) is 14.6 Å². The van der Waals surface area contributed by atoms with Gasteiger partial charge in [-0.1, -0.05) is 6.92 Å². The Hall–Kier alpha value is -4.09. The number of piperazine rings is 1. The Labute approximate surface area is 222 Å². The average Bonchev–Trinajstić information content (AvgIpc) is 3.49.